The fraction of sp³-hybridized carbons (Fsp3) is 0.182. The number of aromatic nitrogens is 3. The van der Waals surface area contributed by atoms with Crippen molar-refractivity contribution in [1.29, 1.82) is 0 Å². The molecule has 0 aromatic carbocycles. The van der Waals surface area contributed by atoms with Crippen molar-refractivity contribution < 1.29 is 4.79 Å². The molecule has 0 radical (unpaired) electrons. The minimum atomic E-state index is -0.238. The Balaban J connectivity index is 2.10. The smallest absolute Gasteiger partial charge is 0.275 e. The zero-order chi connectivity index (χ0) is 12.3. The summed E-state index contributed by atoms with van der Waals surface area (Å²) in [5.74, 6) is 0.256. The second kappa shape index (κ2) is 4.75. The second-order valence-electron chi connectivity index (χ2n) is 3.55. The summed E-state index contributed by atoms with van der Waals surface area (Å²) in [6, 6.07) is 5.19. The molecule has 0 aliphatic heterocycles. The number of aryl methyl sites for hydroxylation is 1. The van der Waals surface area contributed by atoms with Gasteiger partial charge in [-0.3, -0.25) is 9.48 Å². The highest BCUT2D eigenvalue weighted by Gasteiger charge is 2.10. The molecule has 88 valence electrons. The topological polar surface area (TPSA) is 85.8 Å². The maximum atomic E-state index is 11.8. The fourth-order valence-electron chi connectivity index (χ4n) is 1.40. The van der Waals surface area contributed by atoms with Gasteiger partial charge in [-0.15, -0.1) is 0 Å². The van der Waals surface area contributed by atoms with Crippen molar-refractivity contribution in [3.05, 3.63) is 41.9 Å². The first-order valence-electron chi connectivity index (χ1n) is 5.15. The summed E-state index contributed by atoms with van der Waals surface area (Å²) in [7, 11) is 1.71. The van der Waals surface area contributed by atoms with E-state index < -0.39 is 0 Å². The highest BCUT2D eigenvalue weighted by atomic mass is 16.2. The number of anilines is 1. The molecule has 0 spiro atoms. The van der Waals surface area contributed by atoms with Crippen LogP contribution < -0.4 is 11.1 Å². The summed E-state index contributed by atoms with van der Waals surface area (Å²) in [4.78, 5) is 15.9. The zero-order valence-electron chi connectivity index (χ0n) is 9.42. The van der Waals surface area contributed by atoms with Gasteiger partial charge < -0.3 is 11.1 Å². The molecule has 0 atom stereocenters. The molecule has 1 amide bonds. The minimum Gasteiger partial charge on any atom is -0.326 e. The number of rotatable bonds is 3. The molecule has 0 saturated carbocycles. The molecule has 0 aliphatic rings. The summed E-state index contributed by atoms with van der Waals surface area (Å²) in [5, 5.41) is 6.61. The van der Waals surface area contributed by atoms with Gasteiger partial charge in [0.2, 0.25) is 0 Å². The number of nitrogens with one attached hydrogen (secondary N) is 1. The van der Waals surface area contributed by atoms with E-state index in [-0.39, 0.29) is 5.91 Å². The Kier molecular flexibility index (Phi) is 3.15. The van der Waals surface area contributed by atoms with Crippen LogP contribution in [0, 0.1) is 0 Å². The molecule has 2 aromatic heterocycles. The third kappa shape index (κ3) is 2.48. The highest BCUT2D eigenvalue weighted by molar-refractivity contribution is 6.02. The van der Waals surface area contributed by atoms with E-state index in [0.717, 1.165) is 5.56 Å². The van der Waals surface area contributed by atoms with Gasteiger partial charge in [0.15, 0.2) is 0 Å². The Morgan fingerprint density at radius 3 is 2.82 bits per heavy atom. The van der Waals surface area contributed by atoms with Crippen LogP contribution in [-0.4, -0.2) is 20.7 Å². The van der Waals surface area contributed by atoms with Crippen molar-refractivity contribution in [1.82, 2.24) is 14.8 Å². The molecule has 2 rings (SSSR count). The van der Waals surface area contributed by atoms with E-state index in [0.29, 0.717) is 18.1 Å². The van der Waals surface area contributed by atoms with Gasteiger partial charge in [-0.05, 0) is 17.7 Å². The maximum Gasteiger partial charge on any atom is 0.275 e. The van der Waals surface area contributed by atoms with E-state index in [1.165, 1.54) is 4.68 Å². The summed E-state index contributed by atoms with van der Waals surface area (Å²) in [5.41, 5.74) is 6.86. The van der Waals surface area contributed by atoms with E-state index in [1.54, 1.807) is 31.6 Å². The molecule has 2 heterocycles. The first-order chi connectivity index (χ1) is 8.20. The third-order valence-electron chi connectivity index (χ3n) is 2.36. The molecule has 6 heteroatoms. The molecular formula is C11H13N5O. The van der Waals surface area contributed by atoms with Crippen LogP contribution in [0.5, 0.6) is 0 Å². The van der Waals surface area contributed by atoms with E-state index >= 15 is 0 Å². The van der Waals surface area contributed by atoms with Crippen molar-refractivity contribution in [3.8, 4) is 0 Å². The van der Waals surface area contributed by atoms with Gasteiger partial charge in [-0.2, -0.15) is 5.10 Å². The van der Waals surface area contributed by atoms with Crippen LogP contribution >= 0.6 is 0 Å². The first-order valence-corrected chi connectivity index (χ1v) is 5.15. The van der Waals surface area contributed by atoms with Crippen molar-refractivity contribution >= 4 is 11.7 Å². The Hall–Kier alpha value is -2.21. The number of nitrogens with zero attached hydrogens (tertiary/aromatic N) is 3. The Morgan fingerprint density at radius 2 is 2.29 bits per heavy atom. The molecule has 0 bridgehead atoms. The number of pyridine rings is 1. The lowest BCUT2D eigenvalue weighted by Gasteiger charge is -2.05. The summed E-state index contributed by atoms with van der Waals surface area (Å²) in [6.07, 6.45) is 3.21. The van der Waals surface area contributed by atoms with Crippen LogP contribution in [-0.2, 0) is 13.6 Å². The van der Waals surface area contributed by atoms with Crippen LogP contribution in [0.2, 0.25) is 0 Å². The van der Waals surface area contributed by atoms with Gasteiger partial charge in [-0.25, -0.2) is 4.98 Å². The molecule has 0 aliphatic carbocycles. The average Bonchev–Trinajstić information content (AvgIpc) is 2.76. The van der Waals surface area contributed by atoms with Gasteiger partial charge in [0, 0.05) is 26.0 Å². The van der Waals surface area contributed by atoms with Crippen molar-refractivity contribution in [3.63, 3.8) is 0 Å². The van der Waals surface area contributed by atoms with E-state index in [2.05, 4.69) is 15.4 Å². The third-order valence-corrected chi connectivity index (χ3v) is 2.36. The number of carbonyl (C=O) groups excluding carboxylic acids is 1. The van der Waals surface area contributed by atoms with Crippen molar-refractivity contribution in [2.45, 2.75) is 6.54 Å². The summed E-state index contributed by atoms with van der Waals surface area (Å²) < 4.78 is 1.50. The maximum absolute atomic E-state index is 11.8. The Labute approximate surface area is 98.5 Å². The quantitative estimate of drug-likeness (QED) is 0.806. The minimum absolute atomic E-state index is 0.238. The zero-order valence-corrected chi connectivity index (χ0v) is 9.42. The fourth-order valence-corrected chi connectivity index (χ4v) is 1.40. The summed E-state index contributed by atoms with van der Waals surface area (Å²) in [6.45, 7) is 0.433. The SMILES string of the molecule is Cn1nccc1C(=O)Nc1ccc(CN)cn1. The lowest BCUT2D eigenvalue weighted by Crippen LogP contribution is -2.16. The molecule has 17 heavy (non-hydrogen) atoms. The predicted octanol–water partition coefficient (Wildman–Crippen LogP) is 0.526. The van der Waals surface area contributed by atoms with Gasteiger partial charge in [0.05, 0.1) is 0 Å². The van der Waals surface area contributed by atoms with Gasteiger partial charge >= 0.3 is 0 Å². The molecule has 3 N–H and O–H groups in total. The normalized spacial score (nSPS) is 10.2. The lowest BCUT2D eigenvalue weighted by atomic mass is 10.3. The van der Waals surface area contributed by atoms with Crippen LogP contribution in [0.25, 0.3) is 0 Å². The average molecular weight is 231 g/mol. The van der Waals surface area contributed by atoms with Crippen LogP contribution in [0.15, 0.2) is 30.6 Å². The van der Waals surface area contributed by atoms with Gasteiger partial charge in [0.25, 0.3) is 5.91 Å². The number of hydrogen-bond donors (Lipinski definition) is 2. The molecule has 0 fully saturated rings. The predicted molar refractivity (Wildman–Crippen MR) is 63.3 cm³/mol. The largest absolute Gasteiger partial charge is 0.326 e. The van der Waals surface area contributed by atoms with Crippen LogP contribution in [0.3, 0.4) is 0 Å². The van der Waals surface area contributed by atoms with Crippen molar-refractivity contribution in [2.75, 3.05) is 5.32 Å². The highest BCUT2D eigenvalue weighted by Crippen LogP contribution is 2.06. The molecule has 0 saturated heterocycles. The molecule has 0 unspecified atom stereocenters. The standard InChI is InChI=1S/C11H13N5O/c1-16-9(4-5-14-16)11(17)15-10-3-2-8(6-12)7-13-10/h2-5,7H,6,12H2,1H3,(H,13,15,17). The van der Waals surface area contributed by atoms with Crippen LogP contribution in [0.4, 0.5) is 5.82 Å². The number of amides is 1. The van der Waals surface area contributed by atoms with E-state index in [9.17, 15) is 4.79 Å². The first kappa shape index (κ1) is 11.3. The Morgan fingerprint density at radius 1 is 1.47 bits per heavy atom. The summed E-state index contributed by atoms with van der Waals surface area (Å²) >= 11 is 0. The van der Waals surface area contributed by atoms with Crippen molar-refractivity contribution in [2.24, 2.45) is 12.8 Å². The van der Waals surface area contributed by atoms with E-state index in [4.69, 9.17) is 5.73 Å². The second-order valence-corrected chi connectivity index (χ2v) is 3.55. The molecule has 6 nitrogen and oxygen atoms in total. The lowest BCUT2D eigenvalue weighted by molar-refractivity contribution is 0.101. The molecular weight excluding hydrogens is 218 g/mol. The Bertz CT molecular complexity index is 517. The number of hydrogen-bond acceptors (Lipinski definition) is 4. The number of nitrogens with two attached hydrogens (primary N) is 1. The monoisotopic (exact) mass is 231 g/mol. The van der Waals surface area contributed by atoms with E-state index in [1.807, 2.05) is 6.07 Å². The van der Waals surface area contributed by atoms with Gasteiger partial charge in [-0.1, -0.05) is 6.07 Å². The number of carbonyl (C=O) groups is 1. The molecule has 2 aromatic rings. The van der Waals surface area contributed by atoms with Crippen LogP contribution in [0.1, 0.15) is 16.1 Å². The van der Waals surface area contributed by atoms with Gasteiger partial charge in [0.1, 0.15) is 11.5 Å².